The first-order valence-corrected chi connectivity index (χ1v) is 9.43. The Morgan fingerprint density at radius 3 is 2.52 bits per heavy atom. The minimum atomic E-state index is -0.543. The third-order valence-corrected chi connectivity index (χ3v) is 5.39. The zero-order valence-electron chi connectivity index (χ0n) is 14.8. The Labute approximate surface area is 165 Å². The summed E-state index contributed by atoms with van der Waals surface area (Å²) in [6.07, 6.45) is 0.794. The molecule has 9 heteroatoms. The second-order valence-electron chi connectivity index (χ2n) is 5.70. The van der Waals surface area contributed by atoms with Crippen LogP contribution in [0.2, 0.25) is 5.02 Å². The molecular formula is C18H19ClFN3O3S. The fraction of sp³-hybridized carbons (Fsp3) is 0.278. The Hall–Kier alpha value is -2.45. The predicted molar refractivity (Wildman–Crippen MR) is 102 cm³/mol. The van der Waals surface area contributed by atoms with Crippen LogP contribution in [0.4, 0.5) is 4.39 Å². The molecule has 1 aromatic carbocycles. The van der Waals surface area contributed by atoms with Crippen molar-refractivity contribution >= 4 is 40.7 Å². The summed E-state index contributed by atoms with van der Waals surface area (Å²) in [4.78, 5) is 37.4. The van der Waals surface area contributed by atoms with Gasteiger partial charge in [-0.25, -0.2) is 4.39 Å². The Morgan fingerprint density at radius 2 is 1.89 bits per heavy atom. The third kappa shape index (κ3) is 5.77. The molecule has 0 radical (unpaired) electrons. The highest BCUT2D eigenvalue weighted by Gasteiger charge is 2.14. The van der Waals surface area contributed by atoms with Gasteiger partial charge in [0.2, 0.25) is 5.91 Å². The fourth-order valence-electron chi connectivity index (χ4n) is 2.29. The van der Waals surface area contributed by atoms with Crippen LogP contribution in [-0.4, -0.2) is 24.3 Å². The summed E-state index contributed by atoms with van der Waals surface area (Å²) in [6.45, 7) is 3.97. The van der Waals surface area contributed by atoms with E-state index >= 15 is 0 Å². The van der Waals surface area contributed by atoms with Crippen LogP contribution < -0.4 is 16.2 Å². The molecule has 0 saturated carbocycles. The molecule has 0 saturated heterocycles. The molecule has 0 bridgehead atoms. The van der Waals surface area contributed by atoms with Crippen LogP contribution in [0, 0.1) is 12.7 Å². The zero-order chi connectivity index (χ0) is 20.0. The van der Waals surface area contributed by atoms with E-state index in [9.17, 15) is 18.8 Å². The van der Waals surface area contributed by atoms with E-state index in [-0.39, 0.29) is 23.6 Å². The van der Waals surface area contributed by atoms with Crippen LogP contribution in [0.25, 0.3) is 0 Å². The van der Waals surface area contributed by atoms with Crippen LogP contribution >= 0.6 is 22.9 Å². The summed E-state index contributed by atoms with van der Waals surface area (Å²) in [7, 11) is 0. The maximum atomic E-state index is 13.0. The Bertz CT molecular complexity index is 870. The first-order valence-electron chi connectivity index (χ1n) is 8.23. The number of halogens is 2. The van der Waals surface area contributed by atoms with Gasteiger partial charge in [0.05, 0.1) is 15.5 Å². The second kappa shape index (κ2) is 9.48. The van der Waals surface area contributed by atoms with Gasteiger partial charge in [-0.05, 0) is 43.2 Å². The molecule has 0 aliphatic carbocycles. The standard InChI is InChI=1S/C18H19ClFN3O3S/c1-3-14-10(2)8-15(27-14)18(26)23-22-16(24)6-7-21-17(25)12-5-4-11(20)9-13(12)19/h4-5,8-9H,3,6-7H2,1-2H3,(H,21,25)(H,22,24)(H,23,26). The number of hydrogen-bond donors (Lipinski definition) is 3. The van der Waals surface area contributed by atoms with Gasteiger partial charge < -0.3 is 5.32 Å². The summed E-state index contributed by atoms with van der Waals surface area (Å²) in [5.41, 5.74) is 5.81. The Kier molecular flexibility index (Phi) is 7.32. The van der Waals surface area contributed by atoms with Crippen molar-refractivity contribution < 1.29 is 18.8 Å². The number of carbonyl (C=O) groups excluding carboxylic acids is 3. The number of benzene rings is 1. The van der Waals surface area contributed by atoms with E-state index in [1.807, 2.05) is 13.8 Å². The number of rotatable bonds is 6. The monoisotopic (exact) mass is 411 g/mol. The van der Waals surface area contributed by atoms with Crippen LogP contribution in [0.1, 0.15) is 43.8 Å². The maximum Gasteiger partial charge on any atom is 0.279 e. The number of thiophene rings is 1. The van der Waals surface area contributed by atoms with Gasteiger partial charge in [0, 0.05) is 17.8 Å². The molecule has 1 aromatic heterocycles. The number of amides is 3. The molecule has 2 aromatic rings. The number of hydrazine groups is 1. The fourth-order valence-corrected chi connectivity index (χ4v) is 3.55. The van der Waals surface area contributed by atoms with Crippen molar-refractivity contribution in [1.82, 2.24) is 16.2 Å². The van der Waals surface area contributed by atoms with Crippen molar-refractivity contribution in [2.75, 3.05) is 6.54 Å². The van der Waals surface area contributed by atoms with E-state index in [0.717, 1.165) is 29.0 Å². The highest BCUT2D eigenvalue weighted by atomic mass is 35.5. The molecule has 0 aliphatic rings. The number of carbonyl (C=O) groups is 3. The normalized spacial score (nSPS) is 10.4. The number of hydrogen-bond acceptors (Lipinski definition) is 4. The van der Waals surface area contributed by atoms with E-state index < -0.39 is 23.5 Å². The second-order valence-corrected chi connectivity index (χ2v) is 7.25. The molecule has 27 heavy (non-hydrogen) atoms. The van der Waals surface area contributed by atoms with Crippen molar-refractivity contribution in [2.45, 2.75) is 26.7 Å². The molecule has 3 N–H and O–H groups in total. The minimum absolute atomic E-state index is 0.0121. The Morgan fingerprint density at radius 1 is 1.15 bits per heavy atom. The zero-order valence-corrected chi connectivity index (χ0v) is 16.4. The molecule has 0 aliphatic heterocycles. The van der Waals surface area contributed by atoms with Gasteiger partial charge in [-0.15, -0.1) is 11.3 Å². The molecular weight excluding hydrogens is 393 g/mol. The highest BCUT2D eigenvalue weighted by molar-refractivity contribution is 7.14. The van der Waals surface area contributed by atoms with Gasteiger partial charge in [-0.2, -0.15) is 0 Å². The molecule has 144 valence electrons. The molecule has 0 fully saturated rings. The van der Waals surface area contributed by atoms with E-state index in [0.29, 0.717) is 4.88 Å². The van der Waals surface area contributed by atoms with Gasteiger partial charge >= 0.3 is 0 Å². The third-order valence-electron chi connectivity index (χ3n) is 3.69. The quantitative estimate of drug-likeness (QED) is 0.638. The van der Waals surface area contributed by atoms with Gasteiger partial charge in [-0.1, -0.05) is 18.5 Å². The lowest BCUT2D eigenvalue weighted by atomic mass is 10.2. The van der Waals surface area contributed by atoms with Crippen molar-refractivity contribution in [1.29, 1.82) is 0 Å². The first kappa shape index (κ1) is 20.9. The van der Waals surface area contributed by atoms with Crippen LogP contribution in [0.3, 0.4) is 0 Å². The van der Waals surface area contributed by atoms with Crippen LogP contribution in [-0.2, 0) is 11.2 Å². The summed E-state index contributed by atoms with van der Waals surface area (Å²) < 4.78 is 13.0. The number of aryl methyl sites for hydroxylation is 2. The van der Waals surface area contributed by atoms with E-state index in [1.54, 1.807) is 6.07 Å². The molecule has 3 amide bonds. The summed E-state index contributed by atoms with van der Waals surface area (Å²) >= 11 is 7.19. The lowest BCUT2D eigenvalue weighted by Crippen LogP contribution is -2.42. The molecule has 0 atom stereocenters. The van der Waals surface area contributed by atoms with Gasteiger partial charge in [-0.3, -0.25) is 25.2 Å². The van der Waals surface area contributed by atoms with Gasteiger partial charge in [0.25, 0.3) is 11.8 Å². The lowest BCUT2D eigenvalue weighted by molar-refractivity contribution is -0.121. The van der Waals surface area contributed by atoms with Crippen molar-refractivity contribution in [2.24, 2.45) is 0 Å². The number of nitrogens with one attached hydrogen (secondary N) is 3. The average Bonchev–Trinajstić information content (AvgIpc) is 3.00. The minimum Gasteiger partial charge on any atom is -0.351 e. The summed E-state index contributed by atoms with van der Waals surface area (Å²) in [6, 6.07) is 5.20. The molecule has 6 nitrogen and oxygen atoms in total. The van der Waals surface area contributed by atoms with Crippen molar-refractivity contribution in [3.63, 3.8) is 0 Å². The van der Waals surface area contributed by atoms with Crippen molar-refractivity contribution in [3.05, 3.63) is 56.0 Å². The topological polar surface area (TPSA) is 87.3 Å². The van der Waals surface area contributed by atoms with E-state index in [1.165, 1.54) is 17.4 Å². The Balaban J connectivity index is 1.75. The van der Waals surface area contributed by atoms with Gasteiger partial charge in [0.15, 0.2) is 0 Å². The SMILES string of the molecule is CCc1sc(C(=O)NNC(=O)CCNC(=O)c2ccc(F)cc2Cl)cc1C. The molecule has 2 rings (SSSR count). The molecule has 0 unspecified atom stereocenters. The maximum absolute atomic E-state index is 13.0. The van der Waals surface area contributed by atoms with Crippen LogP contribution in [0.5, 0.6) is 0 Å². The van der Waals surface area contributed by atoms with Crippen molar-refractivity contribution in [3.8, 4) is 0 Å². The van der Waals surface area contributed by atoms with Gasteiger partial charge in [0.1, 0.15) is 5.82 Å². The predicted octanol–water partition coefficient (Wildman–Crippen LogP) is 2.99. The average molecular weight is 412 g/mol. The van der Waals surface area contributed by atoms with E-state index in [2.05, 4.69) is 16.2 Å². The van der Waals surface area contributed by atoms with Crippen LogP contribution in [0.15, 0.2) is 24.3 Å². The summed E-state index contributed by atoms with van der Waals surface area (Å²) in [5.74, 6) is -1.91. The molecule has 1 heterocycles. The lowest BCUT2D eigenvalue weighted by Gasteiger charge is -2.08. The molecule has 0 spiro atoms. The summed E-state index contributed by atoms with van der Waals surface area (Å²) in [5, 5.41) is 2.50. The highest BCUT2D eigenvalue weighted by Crippen LogP contribution is 2.22. The largest absolute Gasteiger partial charge is 0.351 e. The first-order chi connectivity index (χ1) is 12.8. The van der Waals surface area contributed by atoms with E-state index in [4.69, 9.17) is 11.6 Å². The smallest absolute Gasteiger partial charge is 0.279 e.